The summed E-state index contributed by atoms with van der Waals surface area (Å²) in [7, 11) is 2.83. The molecule has 100 valence electrons. The van der Waals surface area contributed by atoms with Gasteiger partial charge < -0.3 is 14.8 Å². The topological polar surface area (TPSA) is 67.2 Å². The molecule has 0 radical (unpaired) electrons. The number of rotatable bonds is 4. The van der Waals surface area contributed by atoms with Crippen LogP contribution in [0.2, 0.25) is 0 Å². The van der Waals surface area contributed by atoms with Gasteiger partial charge in [-0.3, -0.25) is 0 Å². The fourth-order valence-corrected chi connectivity index (χ4v) is 3.22. The van der Waals surface area contributed by atoms with Gasteiger partial charge in [0, 0.05) is 39.1 Å². The molecule has 0 amide bonds. The second-order valence-corrected chi connectivity index (χ2v) is 6.58. The zero-order valence-corrected chi connectivity index (χ0v) is 11.6. The Labute approximate surface area is 107 Å². The Morgan fingerprint density at radius 1 is 1.56 bits per heavy atom. The van der Waals surface area contributed by atoms with Crippen LogP contribution in [0.1, 0.15) is 5.69 Å². The Morgan fingerprint density at radius 3 is 2.78 bits per heavy atom. The minimum Gasteiger partial charge on any atom is -0.348 e. The molecule has 1 aliphatic rings. The summed E-state index contributed by atoms with van der Waals surface area (Å²) in [6.07, 6.45) is 3.49. The van der Waals surface area contributed by atoms with Gasteiger partial charge in [0.25, 0.3) is 0 Å². The van der Waals surface area contributed by atoms with E-state index in [1.807, 2.05) is 30.6 Å². The van der Waals surface area contributed by atoms with Crippen molar-refractivity contribution in [2.75, 3.05) is 24.7 Å². The van der Waals surface area contributed by atoms with Gasteiger partial charge in [-0.2, -0.15) is 0 Å². The molecular weight excluding hydrogens is 252 g/mol. The average Bonchev–Trinajstić information content (AvgIpc) is 2.79. The molecule has 1 aliphatic heterocycles. The lowest BCUT2D eigenvalue weighted by atomic mass is 10.3. The third-order valence-corrected chi connectivity index (χ3v) is 4.33. The highest BCUT2D eigenvalue weighted by molar-refractivity contribution is 7.94. The van der Waals surface area contributed by atoms with Crippen molar-refractivity contribution in [3.05, 3.63) is 23.4 Å². The number of sulfone groups is 1. The molecule has 0 saturated carbocycles. The first-order chi connectivity index (χ1) is 8.39. The Morgan fingerprint density at radius 2 is 2.28 bits per heavy atom. The molecule has 0 spiro atoms. The Bertz CT molecular complexity index is 560. The maximum absolute atomic E-state index is 11.3. The molecule has 1 aromatic heterocycles. The van der Waals surface area contributed by atoms with Gasteiger partial charge in [0.15, 0.2) is 9.84 Å². The highest BCUT2D eigenvalue weighted by Crippen LogP contribution is 2.12. The molecule has 0 bridgehead atoms. The van der Waals surface area contributed by atoms with Crippen LogP contribution in [-0.2, 0) is 23.4 Å². The van der Waals surface area contributed by atoms with E-state index in [0.29, 0.717) is 6.54 Å². The minimum absolute atomic E-state index is 0.104. The van der Waals surface area contributed by atoms with Crippen molar-refractivity contribution in [3.63, 3.8) is 0 Å². The van der Waals surface area contributed by atoms with Gasteiger partial charge in [0.1, 0.15) is 0 Å². The first kappa shape index (κ1) is 13.1. The van der Waals surface area contributed by atoms with E-state index in [0.717, 1.165) is 11.6 Å². The molecule has 1 aromatic rings. The zero-order chi connectivity index (χ0) is 13.3. The molecule has 1 N–H and O–H groups in total. The molecule has 1 atom stereocenters. The quantitative estimate of drug-likeness (QED) is 0.826. The van der Waals surface area contributed by atoms with Gasteiger partial charge in [-0.15, -0.1) is 0 Å². The Kier molecular flexibility index (Phi) is 3.45. The van der Waals surface area contributed by atoms with E-state index in [4.69, 9.17) is 0 Å². The van der Waals surface area contributed by atoms with E-state index in [1.165, 1.54) is 5.41 Å². The van der Waals surface area contributed by atoms with Crippen molar-refractivity contribution < 1.29 is 8.42 Å². The molecule has 0 aromatic carbocycles. The number of hydrogen-bond donors (Lipinski definition) is 1. The van der Waals surface area contributed by atoms with Gasteiger partial charge >= 0.3 is 0 Å². The number of aromatic nitrogens is 2. The predicted octanol–water partition coefficient (Wildman–Crippen LogP) is -0.114. The third kappa shape index (κ3) is 2.73. The van der Waals surface area contributed by atoms with Crippen LogP contribution < -0.4 is 10.2 Å². The summed E-state index contributed by atoms with van der Waals surface area (Å²) >= 11 is 0. The van der Waals surface area contributed by atoms with Gasteiger partial charge in [0.2, 0.25) is 5.95 Å². The zero-order valence-electron chi connectivity index (χ0n) is 10.8. The van der Waals surface area contributed by atoms with Crippen molar-refractivity contribution in [2.24, 2.45) is 7.05 Å². The number of hydrogen-bond acceptors (Lipinski definition) is 5. The maximum atomic E-state index is 11.3. The highest BCUT2D eigenvalue weighted by atomic mass is 32.2. The molecule has 0 saturated heterocycles. The van der Waals surface area contributed by atoms with Gasteiger partial charge in [0.05, 0.1) is 17.6 Å². The first-order valence-electron chi connectivity index (χ1n) is 5.71. The van der Waals surface area contributed by atoms with E-state index in [-0.39, 0.29) is 11.8 Å². The maximum Gasteiger partial charge on any atom is 0.204 e. The van der Waals surface area contributed by atoms with E-state index >= 15 is 0 Å². The molecule has 7 heteroatoms. The highest BCUT2D eigenvalue weighted by Gasteiger charge is 2.21. The molecule has 1 unspecified atom stereocenters. The predicted molar refractivity (Wildman–Crippen MR) is 71.1 cm³/mol. The Hall–Kier alpha value is -1.34. The summed E-state index contributed by atoms with van der Waals surface area (Å²) in [5.74, 6) is 1.02. The van der Waals surface area contributed by atoms with Crippen LogP contribution >= 0.6 is 0 Å². The van der Waals surface area contributed by atoms with Crippen molar-refractivity contribution >= 4 is 15.8 Å². The Balaban J connectivity index is 1.98. The van der Waals surface area contributed by atoms with Crippen molar-refractivity contribution in [1.29, 1.82) is 0 Å². The van der Waals surface area contributed by atoms with Crippen molar-refractivity contribution in [1.82, 2.24) is 14.9 Å². The molecule has 0 aliphatic carbocycles. The summed E-state index contributed by atoms with van der Waals surface area (Å²) in [5, 5.41) is 4.48. The molecule has 2 heterocycles. The summed E-state index contributed by atoms with van der Waals surface area (Å²) in [6.45, 7) is 0.599. The molecular formula is C11H18N4O2S. The molecule has 6 nitrogen and oxygen atoms in total. The number of anilines is 1. The second kappa shape index (κ2) is 4.74. The fraction of sp³-hybridized carbons (Fsp3) is 0.545. The van der Waals surface area contributed by atoms with Crippen molar-refractivity contribution in [3.8, 4) is 0 Å². The number of nitrogens with zero attached hydrogens (tertiary/aromatic N) is 3. The van der Waals surface area contributed by atoms with Crippen LogP contribution in [0.3, 0.4) is 0 Å². The molecule has 18 heavy (non-hydrogen) atoms. The number of nitrogens with one attached hydrogen (secondary N) is 1. The van der Waals surface area contributed by atoms with E-state index in [2.05, 4.69) is 10.3 Å². The monoisotopic (exact) mass is 270 g/mol. The van der Waals surface area contributed by atoms with Gasteiger partial charge in [-0.1, -0.05) is 6.08 Å². The largest absolute Gasteiger partial charge is 0.348 e. The second-order valence-electron chi connectivity index (χ2n) is 4.65. The minimum atomic E-state index is -2.99. The van der Waals surface area contributed by atoms with Crippen molar-refractivity contribution in [2.45, 2.75) is 12.6 Å². The summed E-state index contributed by atoms with van der Waals surface area (Å²) in [4.78, 5) is 6.24. The number of imidazole rings is 1. The lowest BCUT2D eigenvalue weighted by molar-refractivity contribution is 0.584. The van der Waals surface area contributed by atoms with Gasteiger partial charge in [-0.05, 0) is 0 Å². The first-order valence-corrected chi connectivity index (χ1v) is 7.43. The van der Waals surface area contributed by atoms with E-state index in [1.54, 1.807) is 12.3 Å². The normalized spacial score (nSPS) is 21.4. The summed E-state index contributed by atoms with van der Waals surface area (Å²) < 4.78 is 24.5. The molecule has 0 fully saturated rings. The fourth-order valence-electron chi connectivity index (χ4n) is 1.95. The lowest BCUT2D eigenvalue weighted by Gasteiger charge is -2.14. The van der Waals surface area contributed by atoms with Crippen LogP contribution in [0.5, 0.6) is 0 Å². The van der Waals surface area contributed by atoms with Crippen LogP contribution in [-0.4, -0.2) is 43.9 Å². The van der Waals surface area contributed by atoms with Crippen LogP contribution in [0.15, 0.2) is 17.7 Å². The van der Waals surface area contributed by atoms with E-state index < -0.39 is 9.84 Å². The standard InChI is InChI=1S/C11H18N4O2S/c1-14(2)11-13-7-10(15(11)3)6-12-9-4-5-18(16,17)8-9/h4-5,7,9,12H,6,8H2,1-3H3. The lowest BCUT2D eigenvalue weighted by Crippen LogP contribution is -2.30. The summed E-state index contributed by atoms with van der Waals surface area (Å²) in [5.41, 5.74) is 1.02. The third-order valence-electron chi connectivity index (χ3n) is 2.94. The van der Waals surface area contributed by atoms with Crippen LogP contribution in [0, 0.1) is 0 Å². The van der Waals surface area contributed by atoms with Crippen LogP contribution in [0.4, 0.5) is 5.95 Å². The molecule has 2 rings (SSSR count). The van der Waals surface area contributed by atoms with E-state index in [9.17, 15) is 8.42 Å². The average molecular weight is 270 g/mol. The van der Waals surface area contributed by atoms with Crippen LogP contribution in [0.25, 0.3) is 0 Å². The SMILES string of the molecule is CN(C)c1ncc(CNC2C=CS(=O)(=O)C2)n1C. The van der Waals surface area contributed by atoms with Gasteiger partial charge in [-0.25, -0.2) is 13.4 Å². The smallest absolute Gasteiger partial charge is 0.204 e. The summed E-state index contributed by atoms with van der Waals surface area (Å²) in [6, 6.07) is -0.104.